The Balaban J connectivity index is 1.97. The van der Waals surface area contributed by atoms with E-state index in [-0.39, 0.29) is 12.5 Å². The van der Waals surface area contributed by atoms with E-state index in [9.17, 15) is 4.79 Å². The highest BCUT2D eigenvalue weighted by Gasteiger charge is 2.26. The van der Waals surface area contributed by atoms with Crippen LogP contribution in [0.5, 0.6) is 0 Å². The lowest BCUT2D eigenvalue weighted by Gasteiger charge is -2.15. The Labute approximate surface area is 107 Å². The first-order valence-corrected chi connectivity index (χ1v) is 7.02. The minimum absolute atomic E-state index is 0.113. The molecule has 0 radical (unpaired) electrons. The average molecular weight is 304 g/mol. The quantitative estimate of drug-likeness (QED) is 0.931. The van der Waals surface area contributed by atoms with Gasteiger partial charge in [-0.1, -0.05) is 0 Å². The van der Waals surface area contributed by atoms with Gasteiger partial charge in [0, 0.05) is 25.1 Å². The number of hydrogen-bond acceptors (Lipinski definition) is 3. The highest BCUT2D eigenvalue weighted by atomic mass is 79.9. The van der Waals surface area contributed by atoms with Gasteiger partial charge in [-0.3, -0.25) is 4.79 Å². The largest absolute Gasteiger partial charge is 0.396 e. The van der Waals surface area contributed by atoms with Crippen LogP contribution < -0.4 is 0 Å². The van der Waals surface area contributed by atoms with Gasteiger partial charge in [-0.05, 0) is 40.8 Å². The molecule has 88 valence electrons. The first-order chi connectivity index (χ1) is 7.70. The summed E-state index contributed by atoms with van der Waals surface area (Å²) >= 11 is 4.89. The van der Waals surface area contributed by atoms with Crippen LogP contribution in [0.1, 0.15) is 23.2 Å². The van der Waals surface area contributed by atoms with E-state index in [2.05, 4.69) is 15.9 Å². The lowest BCUT2D eigenvalue weighted by Crippen LogP contribution is -2.28. The van der Waals surface area contributed by atoms with Crippen molar-refractivity contribution in [2.24, 2.45) is 5.92 Å². The first kappa shape index (κ1) is 12.1. The Morgan fingerprint density at radius 2 is 2.50 bits per heavy atom. The van der Waals surface area contributed by atoms with Crippen molar-refractivity contribution in [1.29, 1.82) is 0 Å². The molecule has 3 nitrogen and oxygen atoms in total. The van der Waals surface area contributed by atoms with Gasteiger partial charge in [-0.15, -0.1) is 11.3 Å². The maximum absolute atomic E-state index is 12.1. The Kier molecular flexibility index (Phi) is 4.00. The van der Waals surface area contributed by atoms with Gasteiger partial charge in [-0.2, -0.15) is 0 Å². The minimum atomic E-state index is 0.113. The molecular weight excluding hydrogens is 290 g/mol. The van der Waals surface area contributed by atoms with Crippen molar-refractivity contribution >= 4 is 33.2 Å². The molecular formula is C11H14BrNO2S. The summed E-state index contributed by atoms with van der Waals surface area (Å²) in [6.45, 7) is 1.82. The lowest BCUT2D eigenvalue weighted by molar-refractivity contribution is 0.0785. The number of aliphatic hydroxyl groups excluding tert-OH is 1. The van der Waals surface area contributed by atoms with Gasteiger partial charge >= 0.3 is 0 Å². The van der Waals surface area contributed by atoms with E-state index in [0.717, 1.165) is 35.3 Å². The third kappa shape index (κ3) is 2.64. The fourth-order valence-electron chi connectivity index (χ4n) is 2.04. The summed E-state index contributed by atoms with van der Waals surface area (Å²) in [5.41, 5.74) is 0.765. The van der Waals surface area contributed by atoms with Crippen molar-refractivity contribution in [3.63, 3.8) is 0 Å². The van der Waals surface area contributed by atoms with Crippen molar-refractivity contribution < 1.29 is 9.90 Å². The molecule has 1 atom stereocenters. The second-order valence-electron chi connectivity index (χ2n) is 4.06. The Morgan fingerprint density at radius 3 is 3.12 bits per heavy atom. The second-order valence-corrected chi connectivity index (χ2v) is 6.35. The molecule has 0 aliphatic carbocycles. The molecule has 1 fully saturated rings. The fraction of sp³-hybridized carbons (Fsp3) is 0.545. The summed E-state index contributed by atoms with van der Waals surface area (Å²) in [4.78, 5) is 13.9. The Morgan fingerprint density at radius 1 is 1.69 bits per heavy atom. The maximum atomic E-state index is 12.1. The summed E-state index contributed by atoms with van der Waals surface area (Å²) < 4.78 is 0.988. The standard InChI is InChI=1S/C11H14BrNO2S/c12-10-5-9(7-16-10)11(15)13-3-1-8(6-13)2-4-14/h5,7-8,14H,1-4,6H2. The van der Waals surface area contributed by atoms with Crippen molar-refractivity contribution in [3.8, 4) is 0 Å². The monoisotopic (exact) mass is 303 g/mol. The molecule has 1 N–H and O–H groups in total. The average Bonchev–Trinajstić information content (AvgIpc) is 2.87. The molecule has 5 heteroatoms. The Hall–Kier alpha value is -0.390. The number of likely N-dealkylation sites (tertiary alicyclic amines) is 1. The molecule has 1 aromatic heterocycles. The molecule has 0 spiro atoms. The van der Waals surface area contributed by atoms with E-state index in [1.165, 1.54) is 11.3 Å². The zero-order valence-corrected chi connectivity index (χ0v) is 11.3. The van der Waals surface area contributed by atoms with E-state index < -0.39 is 0 Å². The summed E-state index contributed by atoms with van der Waals surface area (Å²) in [7, 11) is 0. The number of rotatable bonds is 3. The van der Waals surface area contributed by atoms with E-state index in [1.54, 1.807) is 0 Å². The van der Waals surface area contributed by atoms with E-state index in [0.29, 0.717) is 5.92 Å². The molecule has 1 saturated heterocycles. The molecule has 1 aliphatic rings. The number of carbonyl (C=O) groups excluding carboxylic acids is 1. The van der Waals surface area contributed by atoms with Crippen molar-refractivity contribution in [1.82, 2.24) is 4.90 Å². The molecule has 1 unspecified atom stereocenters. The normalized spacial score (nSPS) is 20.4. The van der Waals surface area contributed by atoms with Gasteiger partial charge in [0.1, 0.15) is 0 Å². The predicted octanol–water partition coefficient (Wildman–Crippen LogP) is 2.36. The molecule has 2 heterocycles. The summed E-state index contributed by atoms with van der Waals surface area (Å²) in [5, 5.41) is 10.7. The van der Waals surface area contributed by atoms with Crippen LogP contribution in [0.15, 0.2) is 15.2 Å². The smallest absolute Gasteiger partial charge is 0.254 e. The molecule has 0 aromatic carbocycles. The van der Waals surface area contributed by atoms with Crippen molar-refractivity contribution in [2.75, 3.05) is 19.7 Å². The molecule has 1 amide bonds. The highest BCUT2D eigenvalue weighted by molar-refractivity contribution is 9.11. The predicted molar refractivity (Wildman–Crippen MR) is 67.7 cm³/mol. The zero-order valence-electron chi connectivity index (χ0n) is 8.86. The number of carbonyl (C=O) groups is 1. The third-order valence-corrected chi connectivity index (χ3v) is 4.43. The maximum Gasteiger partial charge on any atom is 0.254 e. The van der Waals surface area contributed by atoms with Gasteiger partial charge in [0.15, 0.2) is 0 Å². The van der Waals surface area contributed by atoms with Gasteiger partial charge in [0.2, 0.25) is 0 Å². The molecule has 16 heavy (non-hydrogen) atoms. The first-order valence-electron chi connectivity index (χ1n) is 5.35. The van der Waals surface area contributed by atoms with E-state index in [4.69, 9.17) is 5.11 Å². The Bertz CT molecular complexity index is 380. The minimum Gasteiger partial charge on any atom is -0.396 e. The van der Waals surface area contributed by atoms with Crippen molar-refractivity contribution in [2.45, 2.75) is 12.8 Å². The van der Waals surface area contributed by atoms with Crippen molar-refractivity contribution in [3.05, 3.63) is 20.8 Å². The molecule has 2 rings (SSSR count). The molecule has 1 aliphatic heterocycles. The number of nitrogens with zero attached hydrogens (tertiary/aromatic N) is 1. The van der Waals surface area contributed by atoms with E-state index >= 15 is 0 Å². The van der Waals surface area contributed by atoms with Crippen LogP contribution in [0, 0.1) is 5.92 Å². The zero-order chi connectivity index (χ0) is 11.5. The number of halogens is 1. The number of aliphatic hydroxyl groups is 1. The van der Waals surface area contributed by atoms with Crippen LogP contribution in [0.4, 0.5) is 0 Å². The van der Waals surface area contributed by atoms with Crippen LogP contribution in [0.25, 0.3) is 0 Å². The van der Waals surface area contributed by atoms with Crippen LogP contribution >= 0.6 is 27.3 Å². The highest BCUT2D eigenvalue weighted by Crippen LogP contribution is 2.25. The van der Waals surface area contributed by atoms with Crippen LogP contribution in [0.3, 0.4) is 0 Å². The second kappa shape index (κ2) is 5.29. The summed E-state index contributed by atoms with van der Waals surface area (Å²) in [6.07, 6.45) is 1.81. The van der Waals surface area contributed by atoms with Crippen LogP contribution in [0.2, 0.25) is 0 Å². The van der Waals surface area contributed by atoms with Crippen LogP contribution in [-0.4, -0.2) is 35.6 Å². The number of hydrogen-bond donors (Lipinski definition) is 1. The molecule has 0 bridgehead atoms. The summed E-state index contributed by atoms with van der Waals surface area (Å²) in [5.74, 6) is 0.582. The topological polar surface area (TPSA) is 40.5 Å². The molecule has 0 saturated carbocycles. The van der Waals surface area contributed by atoms with E-state index in [1.807, 2.05) is 16.3 Å². The third-order valence-electron chi connectivity index (χ3n) is 2.92. The number of thiophene rings is 1. The van der Waals surface area contributed by atoms with Gasteiger partial charge in [0.25, 0.3) is 5.91 Å². The molecule has 1 aromatic rings. The van der Waals surface area contributed by atoms with Gasteiger partial charge in [0.05, 0.1) is 9.35 Å². The fourth-order valence-corrected chi connectivity index (χ4v) is 3.17. The van der Waals surface area contributed by atoms with Crippen LogP contribution in [-0.2, 0) is 0 Å². The lowest BCUT2D eigenvalue weighted by atomic mass is 10.1. The SMILES string of the molecule is O=C(c1csc(Br)c1)N1CCC(CCO)C1. The summed E-state index contributed by atoms with van der Waals surface area (Å²) in [6, 6.07) is 1.87. The van der Waals surface area contributed by atoms with Gasteiger partial charge in [-0.25, -0.2) is 0 Å². The number of amides is 1. The van der Waals surface area contributed by atoms with Gasteiger partial charge < -0.3 is 10.0 Å².